The van der Waals surface area contributed by atoms with Crippen molar-refractivity contribution in [2.24, 2.45) is 0 Å². The van der Waals surface area contributed by atoms with Gasteiger partial charge in [0.15, 0.2) is 5.03 Å². The van der Waals surface area contributed by atoms with Crippen LogP contribution in [0.5, 0.6) is 0 Å². The van der Waals surface area contributed by atoms with Gasteiger partial charge < -0.3 is 0 Å². The summed E-state index contributed by atoms with van der Waals surface area (Å²) in [6.07, 6.45) is 0. The van der Waals surface area contributed by atoms with Crippen molar-refractivity contribution in [2.75, 3.05) is 0 Å². The molecule has 0 unspecified atom stereocenters. The summed E-state index contributed by atoms with van der Waals surface area (Å²) in [6.45, 7) is 1.89. The third kappa shape index (κ3) is 1.24. The maximum absolute atomic E-state index is 11.2. The van der Waals surface area contributed by atoms with E-state index >= 15 is 0 Å². The van der Waals surface area contributed by atoms with Gasteiger partial charge in [-0.2, -0.15) is 0 Å². The standard InChI is InChI=1S/C13H10N2O2/c1-9-5-4-7-11-10-6-2-3-8-12(10)14(13(9)11)15(16)17/h2-8H,1H3. The molecule has 0 saturated heterocycles. The van der Waals surface area contributed by atoms with Crippen LogP contribution in [0.4, 0.5) is 0 Å². The van der Waals surface area contributed by atoms with Gasteiger partial charge in [-0.15, -0.1) is 0 Å². The highest BCUT2D eigenvalue weighted by Crippen LogP contribution is 2.30. The highest BCUT2D eigenvalue weighted by atomic mass is 16.7. The molecule has 17 heavy (non-hydrogen) atoms. The van der Waals surface area contributed by atoms with Crippen molar-refractivity contribution in [1.29, 1.82) is 0 Å². The average Bonchev–Trinajstić information content (AvgIpc) is 2.65. The van der Waals surface area contributed by atoms with Crippen LogP contribution < -0.4 is 0 Å². The highest BCUT2D eigenvalue weighted by molar-refractivity contribution is 6.08. The fourth-order valence-corrected chi connectivity index (χ4v) is 2.33. The fraction of sp³-hybridized carbons (Fsp3) is 0.0769. The van der Waals surface area contributed by atoms with Crippen LogP contribution in [0.25, 0.3) is 21.8 Å². The third-order valence-electron chi connectivity index (χ3n) is 3.04. The van der Waals surface area contributed by atoms with E-state index in [1.807, 2.05) is 43.3 Å². The zero-order valence-corrected chi connectivity index (χ0v) is 9.25. The van der Waals surface area contributed by atoms with Crippen LogP contribution in [-0.4, -0.2) is 9.71 Å². The van der Waals surface area contributed by atoms with E-state index in [2.05, 4.69) is 0 Å². The minimum Gasteiger partial charge on any atom is -0.234 e. The molecule has 0 spiro atoms. The second-order valence-corrected chi connectivity index (χ2v) is 4.04. The molecule has 84 valence electrons. The SMILES string of the molecule is Cc1cccc2c3ccccc3n([N+](=O)[O-])c12. The zero-order chi connectivity index (χ0) is 12.0. The number of nitro groups is 1. The Balaban J connectivity index is 2.68. The number of rotatable bonds is 1. The molecule has 3 rings (SSSR count). The molecule has 0 radical (unpaired) electrons. The number of nitrogens with zero attached hydrogens (tertiary/aromatic N) is 2. The quantitative estimate of drug-likeness (QED) is 0.472. The molecule has 0 bridgehead atoms. The number of hydrogen-bond acceptors (Lipinski definition) is 2. The van der Waals surface area contributed by atoms with E-state index in [0.29, 0.717) is 11.0 Å². The molecule has 4 nitrogen and oxygen atoms in total. The fourth-order valence-electron chi connectivity index (χ4n) is 2.33. The van der Waals surface area contributed by atoms with Gasteiger partial charge in [-0.05, 0) is 18.6 Å². The Bertz CT molecular complexity index is 744. The lowest BCUT2D eigenvalue weighted by Gasteiger charge is -1.98. The maximum Gasteiger partial charge on any atom is 0.170 e. The summed E-state index contributed by atoms with van der Waals surface area (Å²) in [7, 11) is 0. The van der Waals surface area contributed by atoms with Gasteiger partial charge in [0.05, 0.1) is 0 Å². The van der Waals surface area contributed by atoms with E-state index in [4.69, 9.17) is 0 Å². The predicted molar refractivity (Wildman–Crippen MR) is 66.6 cm³/mol. The van der Waals surface area contributed by atoms with Gasteiger partial charge in [-0.25, -0.2) is 10.1 Å². The minimum absolute atomic E-state index is 0.363. The number of fused-ring (bicyclic) bond motifs is 3. The molecular formula is C13H10N2O2. The van der Waals surface area contributed by atoms with Crippen LogP contribution in [-0.2, 0) is 0 Å². The molecule has 4 heteroatoms. The molecule has 1 aromatic heterocycles. The van der Waals surface area contributed by atoms with Crippen molar-refractivity contribution in [3.05, 3.63) is 58.1 Å². The van der Waals surface area contributed by atoms with Crippen molar-refractivity contribution in [3.8, 4) is 0 Å². The summed E-state index contributed by atoms with van der Waals surface area (Å²) in [4.78, 5) is 11.2. The zero-order valence-electron chi connectivity index (χ0n) is 9.25. The Hall–Kier alpha value is -2.36. The molecule has 0 N–H and O–H groups in total. The summed E-state index contributed by atoms with van der Waals surface area (Å²) in [5.74, 6) is 0. The van der Waals surface area contributed by atoms with Crippen molar-refractivity contribution in [2.45, 2.75) is 6.92 Å². The first-order valence-electron chi connectivity index (χ1n) is 5.33. The van der Waals surface area contributed by atoms with Crippen LogP contribution in [0, 0.1) is 17.0 Å². The molecular weight excluding hydrogens is 216 g/mol. The Morgan fingerprint density at radius 1 is 1.06 bits per heavy atom. The second-order valence-electron chi connectivity index (χ2n) is 4.04. The summed E-state index contributed by atoms with van der Waals surface area (Å²) in [5.41, 5.74) is 2.23. The Kier molecular flexibility index (Phi) is 1.92. The van der Waals surface area contributed by atoms with Crippen LogP contribution in [0.3, 0.4) is 0 Å². The molecule has 0 saturated carbocycles. The van der Waals surface area contributed by atoms with Gasteiger partial charge in [-0.3, -0.25) is 0 Å². The molecule has 1 heterocycles. The molecule has 0 aliphatic rings. The number of benzene rings is 2. The van der Waals surface area contributed by atoms with Crippen LogP contribution in [0.2, 0.25) is 0 Å². The molecule has 3 aromatic rings. The van der Waals surface area contributed by atoms with Gasteiger partial charge in [0.2, 0.25) is 0 Å². The van der Waals surface area contributed by atoms with Gasteiger partial charge in [0, 0.05) is 10.8 Å². The van der Waals surface area contributed by atoms with E-state index in [1.165, 1.54) is 4.68 Å². The summed E-state index contributed by atoms with van der Waals surface area (Å²) in [6, 6.07) is 13.1. The molecule has 2 aromatic carbocycles. The van der Waals surface area contributed by atoms with E-state index in [0.717, 1.165) is 16.3 Å². The van der Waals surface area contributed by atoms with Crippen LogP contribution in [0.15, 0.2) is 42.5 Å². The predicted octanol–water partition coefficient (Wildman–Crippen LogP) is 3.14. The van der Waals surface area contributed by atoms with Gasteiger partial charge >= 0.3 is 0 Å². The van der Waals surface area contributed by atoms with Crippen molar-refractivity contribution in [3.63, 3.8) is 0 Å². The summed E-state index contributed by atoms with van der Waals surface area (Å²) in [5, 5.41) is 12.7. The lowest BCUT2D eigenvalue weighted by Crippen LogP contribution is -2.08. The lowest BCUT2D eigenvalue weighted by molar-refractivity contribution is -0.533. The van der Waals surface area contributed by atoms with E-state index in [-0.39, 0.29) is 5.03 Å². The first kappa shape index (κ1) is 9.84. The van der Waals surface area contributed by atoms with Crippen molar-refractivity contribution < 1.29 is 5.03 Å². The van der Waals surface area contributed by atoms with Crippen molar-refractivity contribution >= 4 is 21.8 Å². The molecule has 0 aliphatic carbocycles. The molecule has 0 fully saturated rings. The van der Waals surface area contributed by atoms with Crippen LogP contribution in [0.1, 0.15) is 5.56 Å². The third-order valence-corrected chi connectivity index (χ3v) is 3.04. The number of aromatic nitrogens is 1. The van der Waals surface area contributed by atoms with E-state index in [9.17, 15) is 10.1 Å². The largest absolute Gasteiger partial charge is 0.234 e. The highest BCUT2D eigenvalue weighted by Gasteiger charge is 2.18. The maximum atomic E-state index is 11.2. The Morgan fingerprint density at radius 2 is 1.76 bits per heavy atom. The number of aryl methyl sites for hydroxylation is 1. The first-order valence-corrected chi connectivity index (χ1v) is 5.33. The topological polar surface area (TPSA) is 48.1 Å². The van der Waals surface area contributed by atoms with Gasteiger partial charge in [-0.1, -0.05) is 41.1 Å². The Morgan fingerprint density at radius 3 is 2.53 bits per heavy atom. The second kappa shape index (κ2) is 3.31. The summed E-state index contributed by atoms with van der Waals surface area (Å²) < 4.78 is 1.17. The molecule has 0 atom stereocenters. The Labute approximate surface area is 97.2 Å². The number of para-hydroxylation sites is 2. The molecule has 0 amide bonds. The summed E-state index contributed by atoms with van der Waals surface area (Å²) >= 11 is 0. The van der Waals surface area contributed by atoms with Gasteiger partial charge in [0.25, 0.3) is 0 Å². The van der Waals surface area contributed by atoms with E-state index in [1.54, 1.807) is 6.07 Å². The number of hydrogen-bond donors (Lipinski definition) is 0. The monoisotopic (exact) mass is 226 g/mol. The average molecular weight is 226 g/mol. The lowest BCUT2D eigenvalue weighted by atomic mass is 10.1. The minimum atomic E-state index is -0.363. The normalized spacial score (nSPS) is 11.1. The first-order chi connectivity index (χ1) is 8.20. The van der Waals surface area contributed by atoms with E-state index < -0.39 is 0 Å². The molecule has 0 aliphatic heterocycles. The van der Waals surface area contributed by atoms with Crippen molar-refractivity contribution in [1.82, 2.24) is 4.68 Å². The van der Waals surface area contributed by atoms with Crippen LogP contribution >= 0.6 is 0 Å². The smallest absolute Gasteiger partial charge is 0.170 e. The van der Waals surface area contributed by atoms with Gasteiger partial charge in [0.1, 0.15) is 11.0 Å².